The van der Waals surface area contributed by atoms with E-state index in [-0.39, 0.29) is 18.9 Å². The predicted molar refractivity (Wildman–Crippen MR) is 92.7 cm³/mol. The molecule has 1 aliphatic rings. The van der Waals surface area contributed by atoms with Crippen LogP contribution in [-0.4, -0.2) is 40.3 Å². The van der Waals surface area contributed by atoms with Crippen LogP contribution in [-0.2, 0) is 16.1 Å². The van der Waals surface area contributed by atoms with Crippen molar-refractivity contribution in [1.29, 1.82) is 0 Å². The van der Waals surface area contributed by atoms with Crippen molar-refractivity contribution in [3.05, 3.63) is 58.9 Å². The summed E-state index contributed by atoms with van der Waals surface area (Å²) >= 11 is 0. The van der Waals surface area contributed by atoms with Gasteiger partial charge >= 0.3 is 5.97 Å². The molecule has 25 heavy (non-hydrogen) atoms. The van der Waals surface area contributed by atoms with Crippen LogP contribution >= 0.6 is 0 Å². The van der Waals surface area contributed by atoms with Crippen molar-refractivity contribution < 1.29 is 19.4 Å². The van der Waals surface area contributed by atoms with Crippen molar-refractivity contribution in [2.75, 3.05) is 13.2 Å². The van der Waals surface area contributed by atoms with E-state index in [0.717, 1.165) is 17.0 Å². The first kappa shape index (κ1) is 17.2. The first-order valence-electron chi connectivity index (χ1n) is 8.27. The number of amides is 1. The van der Waals surface area contributed by atoms with E-state index in [1.165, 1.54) is 0 Å². The standard InChI is InChI=1S/C19H22N2O4/c1-13-10-16(14(2)21(13)11-15-6-4-3-5-7-15)17(22)20-19(18(23)24)8-9-25-12-19/h3-7,10H,8-9,11-12H2,1-2H3,(H,20,22)(H,23,24). The predicted octanol–water partition coefficient (Wildman–Crippen LogP) is 2.13. The number of aryl methyl sites for hydroxylation is 1. The number of carboxylic acid groups (broad SMARTS) is 1. The van der Waals surface area contributed by atoms with Gasteiger partial charge in [-0.25, -0.2) is 4.79 Å². The summed E-state index contributed by atoms with van der Waals surface area (Å²) in [7, 11) is 0. The zero-order chi connectivity index (χ0) is 18.0. The number of carbonyl (C=O) groups is 2. The van der Waals surface area contributed by atoms with Gasteiger partial charge in [0.15, 0.2) is 5.54 Å². The van der Waals surface area contributed by atoms with Crippen LogP contribution in [0.15, 0.2) is 36.4 Å². The smallest absolute Gasteiger partial charge is 0.331 e. The van der Waals surface area contributed by atoms with Gasteiger partial charge in [0.05, 0.1) is 12.2 Å². The number of benzene rings is 1. The molecular formula is C19H22N2O4. The first-order chi connectivity index (χ1) is 11.9. The second kappa shape index (κ2) is 6.72. The van der Waals surface area contributed by atoms with Crippen molar-refractivity contribution >= 4 is 11.9 Å². The Morgan fingerprint density at radius 3 is 2.60 bits per heavy atom. The van der Waals surface area contributed by atoms with Gasteiger partial charge in [-0.3, -0.25) is 4.79 Å². The molecule has 1 aromatic carbocycles. The summed E-state index contributed by atoms with van der Waals surface area (Å²) in [5.41, 5.74) is 2.08. The third kappa shape index (κ3) is 3.30. The molecular weight excluding hydrogens is 320 g/mol. The molecule has 0 radical (unpaired) electrons. The molecule has 2 aromatic rings. The van der Waals surface area contributed by atoms with Crippen LogP contribution in [0.2, 0.25) is 0 Å². The molecule has 1 unspecified atom stereocenters. The maximum atomic E-state index is 12.7. The lowest BCUT2D eigenvalue weighted by molar-refractivity contribution is -0.144. The van der Waals surface area contributed by atoms with E-state index in [9.17, 15) is 14.7 Å². The highest BCUT2D eigenvalue weighted by atomic mass is 16.5. The molecule has 2 heterocycles. The molecule has 1 fully saturated rings. The number of carbonyl (C=O) groups excluding carboxylic acids is 1. The van der Waals surface area contributed by atoms with Gasteiger partial charge in [0.1, 0.15) is 0 Å². The van der Waals surface area contributed by atoms with E-state index >= 15 is 0 Å². The highest BCUT2D eigenvalue weighted by molar-refractivity contribution is 5.99. The van der Waals surface area contributed by atoms with Crippen LogP contribution < -0.4 is 5.32 Å². The molecule has 0 aliphatic carbocycles. The Balaban J connectivity index is 1.84. The molecule has 1 aromatic heterocycles. The van der Waals surface area contributed by atoms with E-state index in [1.54, 1.807) is 6.07 Å². The highest BCUT2D eigenvalue weighted by Crippen LogP contribution is 2.22. The van der Waals surface area contributed by atoms with E-state index in [2.05, 4.69) is 9.88 Å². The van der Waals surface area contributed by atoms with Crippen molar-refractivity contribution in [3.8, 4) is 0 Å². The SMILES string of the molecule is Cc1cc(C(=O)NC2(C(=O)O)CCOC2)c(C)n1Cc1ccccc1. The number of ether oxygens (including phenoxy) is 1. The van der Waals surface area contributed by atoms with E-state index in [1.807, 2.05) is 44.2 Å². The molecule has 1 saturated heterocycles. The normalized spacial score (nSPS) is 19.8. The summed E-state index contributed by atoms with van der Waals surface area (Å²) in [5.74, 6) is -1.43. The zero-order valence-corrected chi connectivity index (χ0v) is 14.4. The fourth-order valence-electron chi connectivity index (χ4n) is 3.21. The number of nitrogens with zero attached hydrogens (tertiary/aromatic N) is 1. The maximum absolute atomic E-state index is 12.7. The molecule has 1 aliphatic heterocycles. The number of nitrogens with one attached hydrogen (secondary N) is 1. The molecule has 0 saturated carbocycles. The lowest BCUT2D eigenvalue weighted by Gasteiger charge is -2.23. The summed E-state index contributed by atoms with van der Waals surface area (Å²) in [6, 6.07) is 11.8. The summed E-state index contributed by atoms with van der Waals surface area (Å²) in [6.45, 7) is 4.82. The number of rotatable bonds is 5. The van der Waals surface area contributed by atoms with Crippen LogP contribution in [0.3, 0.4) is 0 Å². The zero-order valence-electron chi connectivity index (χ0n) is 14.4. The van der Waals surface area contributed by atoms with Crippen LogP contribution in [0.25, 0.3) is 0 Å². The second-order valence-corrected chi connectivity index (χ2v) is 6.50. The largest absolute Gasteiger partial charge is 0.479 e. The first-order valence-corrected chi connectivity index (χ1v) is 8.27. The molecule has 6 nitrogen and oxygen atoms in total. The Hall–Kier alpha value is -2.60. The number of aliphatic carboxylic acids is 1. The van der Waals surface area contributed by atoms with E-state index in [4.69, 9.17) is 4.74 Å². The van der Waals surface area contributed by atoms with Gasteiger partial charge in [-0.15, -0.1) is 0 Å². The van der Waals surface area contributed by atoms with Crippen molar-refractivity contribution in [2.24, 2.45) is 0 Å². The molecule has 0 spiro atoms. The van der Waals surface area contributed by atoms with Gasteiger partial charge < -0.3 is 19.7 Å². The number of hydrogen-bond donors (Lipinski definition) is 2. The van der Waals surface area contributed by atoms with Gasteiger partial charge in [0.25, 0.3) is 5.91 Å². The number of carboxylic acids is 1. The van der Waals surface area contributed by atoms with Crippen molar-refractivity contribution in [2.45, 2.75) is 32.4 Å². The Labute approximate surface area is 146 Å². The Bertz CT molecular complexity index is 789. The molecule has 6 heteroatoms. The molecule has 2 N–H and O–H groups in total. The lowest BCUT2D eigenvalue weighted by atomic mass is 9.98. The average Bonchev–Trinajstić information content (AvgIpc) is 3.17. The lowest BCUT2D eigenvalue weighted by Crippen LogP contribution is -2.55. The third-order valence-corrected chi connectivity index (χ3v) is 4.79. The van der Waals surface area contributed by atoms with Crippen LogP contribution in [0.1, 0.15) is 33.7 Å². The minimum absolute atomic E-state index is 0.00315. The minimum atomic E-state index is -1.33. The van der Waals surface area contributed by atoms with E-state index < -0.39 is 11.5 Å². The quantitative estimate of drug-likeness (QED) is 0.872. The highest BCUT2D eigenvalue weighted by Gasteiger charge is 2.44. The summed E-state index contributed by atoms with van der Waals surface area (Å²) in [4.78, 5) is 24.3. The molecule has 1 atom stereocenters. The molecule has 132 valence electrons. The van der Waals surface area contributed by atoms with Crippen LogP contribution in [0, 0.1) is 13.8 Å². The number of hydrogen-bond acceptors (Lipinski definition) is 3. The summed E-state index contributed by atoms with van der Waals surface area (Å²) in [5, 5.41) is 12.2. The fraction of sp³-hybridized carbons (Fsp3) is 0.368. The van der Waals surface area contributed by atoms with Crippen LogP contribution in [0.4, 0.5) is 0 Å². The third-order valence-electron chi connectivity index (χ3n) is 4.79. The minimum Gasteiger partial charge on any atom is -0.479 e. The van der Waals surface area contributed by atoms with Gasteiger partial charge in [0, 0.05) is 31.0 Å². The Morgan fingerprint density at radius 2 is 2.00 bits per heavy atom. The maximum Gasteiger partial charge on any atom is 0.331 e. The Kier molecular flexibility index (Phi) is 4.63. The topological polar surface area (TPSA) is 80.6 Å². The monoisotopic (exact) mass is 342 g/mol. The summed E-state index contributed by atoms with van der Waals surface area (Å²) in [6.07, 6.45) is 0.275. The summed E-state index contributed by atoms with van der Waals surface area (Å²) < 4.78 is 7.25. The average molecular weight is 342 g/mol. The van der Waals surface area contributed by atoms with Gasteiger partial charge in [-0.05, 0) is 25.5 Å². The van der Waals surface area contributed by atoms with Gasteiger partial charge in [0.2, 0.25) is 0 Å². The van der Waals surface area contributed by atoms with E-state index in [0.29, 0.717) is 18.7 Å². The van der Waals surface area contributed by atoms with Gasteiger partial charge in [-0.1, -0.05) is 30.3 Å². The number of aromatic nitrogens is 1. The second-order valence-electron chi connectivity index (χ2n) is 6.50. The van der Waals surface area contributed by atoms with Crippen molar-refractivity contribution in [1.82, 2.24) is 9.88 Å². The fourth-order valence-corrected chi connectivity index (χ4v) is 3.21. The van der Waals surface area contributed by atoms with Crippen molar-refractivity contribution in [3.63, 3.8) is 0 Å². The molecule has 0 bridgehead atoms. The molecule has 1 amide bonds. The Morgan fingerprint density at radius 1 is 1.28 bits per heavy atom. The van der Waals surface area contributed by atoms with Crippen LogP contribution in [0.5, 0.6) is 0 Å². The molecule has 3 rings (SSSR count). The van der Waals surface area contributed by atoms with Gasteiger partial charge in [-0.2, -0.15) is 0 Å².